The predicted octanol–water partition coefficient (Wildman–Crippen LogP) is 5.50. The monoisotopic (exact) mass is 456 g/mol. The van der Waals surface area contributed by atoms with Crippen molar-refractivity contribution < 1.29 is 13.2 Å². The fraction of sp³-hybridized carbons (Fsp3) is 0.208. The molecule has 1 atom stereocenters. The summed E-state index contributed by atoms with van der Waals surface area (Å²) in [5, 5.41) is 2.95. The quantitative estimate of drug-likeness (QED) is 0.492. The van der Waals surface area contributed by atoms with E-state index >= 15 is 0 Å². The molecule has 3 aromatic carbocycles. The summed E-state index contributed by atoms with van der Waals surface area (Å²) in [5.41, 5.74) is 3.74. The maximum atomic E-state index is 12.9. The highest BCUT2D eigenvalue weighted by molar-refractivity contribution is 7.92. The Hall–Kier alpha value is -2.83. The van der Waals surface area contributed by atoms with Gasteiger partial charge in [0.1, 0.15) is 4.90 Å². The fourth-order valence-electron chi connectivity index (χ4n) is 3.17. The number of carbonyl (C=O) groups excluding carboxylic acids is 1. The highest BCUT2D eigenvalue weighted by Crippen LogP contribution is 2.26. The van der Waals surface area contributed by atoms with Crippen LogP contribution in [-0.2, 0) is 16.4 Å². The maximum absolute atomic E-state index is 12.9. The van der Waals surface area contributed by atoms with Crippen molar-refractivity contribution in [3.8, 4) is 0 Å². The van der Waals surface area contributed by atoms with Crippen molar-refractivity contribution in [2.24, 2.45) is 0 Å². The van der Waals surface area contributed by atoms with Crippen LogP contribution in [0.1, 0.15) is 46.9 Å². The fourth-order valence-corrected chi connectivity index (χ4v) is 4.75. The van der Waals surface area contributed by atoms with Crippen LogP contribution in [0.4, 0.5) is 5.69 Å². The number of halogens is 1. The zero-order valence-corrected chi connectivity index (χ0v) is 19.2. The van der Waals surface area contributed by atoms with Crippen LogP contribution in [0.5, 0.6) is 0 Å². The third-order valence-corrected chi connectivity index (χ3v) is 6.85. The van der Waals surface area contributed by atoms with Gasteiger partial charge in [0.15, 0.2) is 0 Å². The summed E-state index contributed by atoms with van der Waals surface area (Å²) in [6.07, 6.45) is 0.944. The van der Waals surface area contributed by atoms with Crippen molar-refractivity contribution in [3.05, 3.63) is 94.0 Å². The van der Waals surface area contributed by atoms with E-state index in [0.717, 1.165) is 17.5 Å². The van der Waals surface area contributed by atoms with Gasteiger partial charge in [-0.15, -0.1) is 0 Å². The lowest BCUT2D eigenvalue weighted by molar-refractivity contribution is 0.0939. The summed E-state index contributed by atoms with van der Waals surface area (Å²) in [6, 6.07) is 19.0. The molecule has 0 saturated heterocycles. The van der Waals surface area contributed by atoms with Crippen molar-refractivity contribution in [3.63, 3.8) is 0 Å². The number of sulfonamides is 1. The van der Waals surface area contributed by atoms with E-state index in [-0.39, 0.29) is 27.4 Å². The van der Waals surface area contributed by atoms with Gasteiger partial charge in [0.2, 0.25) is 0 Å². The lowest BCUT2D eigenvalue weighted by atomic mass is 10.0. The first-order chi connectivity index (χ1) is 14.7. The average molecular weight is 457 g/mol. The van der Waals surface area contributed by atoms with Gasteiger partial charge < -0.3 is 5.32 Å². The minimum atomic E-state index is -3.97. The summed E-state index contributed by atoms with van der Waals surface area (Å²) in [5.74, 6) is -0.379. The van der Waals surface area contributed by atoms with Gasteiger partial charge in [0, 0.05) is 11.3 Å². The van der Waals surface area contributed by atoms with Crippen molar-refractivity contribution in [1.82, 2.24) is 5.32 Å². The van der Waals surface area contributed by atoms with E-state index in [1.54, 1.807) is 18.2 Å². The SMILES string of the molecule is CCc1ccc([C@@H](C)NC(=O)c2ccc(Cl)c(S(=O)(=O)Nc3cccc(C)c3)c2)cc1. The highest BCUT2D eigenvalue weighted by atomic mass is 35.5. The first kappa shape index (κ1) is 22.8. The van der Waals surface area contributed by atoms with Gasteiger partial charge in [-0.1, -0.05) is 54.9 Å². The van der Waals surface area contributed by atoms with Crippen molar-refractivity contribution >= 4 is 33.2 Å². The lowest BCUT2D eigenvalue weighted by Crippen LogP contribution is -2.27. The zero-order valence-electron chi connectivity index (χ0n) is 17.6. The van der Waals surface area contributed by atoms with Gasteiger partial charge in [-0.3, -0.25) is 9.52 Å². The second kappa shape index (κ2) is 9.54. The number of rotatable bonds is 7. The first-order valence-electron chi connectivity index (χ1n) is 9.98. The van der Waals surface area contributed by atoms with Crippen LogP contribution in [-0.4, -0.2) is 14.3 Å². The minimum Gasteiger partial charge on any atom is -0.346 e. The molecule has 0 aromatic heterocycles. The zero-order chi connectivity index (χ0) is 22.6. The van der Waals surface area contributed by atoms with Crippen LogP contribution < -0.4 is 10.0 Å². The molecule has 3 aromatic rings. The molecule has 31 heavy (non-hydrogen) atoms. The molecule has 2 N–H and O–H groups in total. The molecule has 0 radical (unpaired) electrons. The maximum Gasteiger partial charge on any atom is 0.263 e. The number of hydrogen-bond acceptors (Lipinski definition) is 3. The van der Waals surface area contributed by atoms with E-state index in [9.17, 15) is 13.2 Å². The van der Waals surface area contributed by atoms with Gasteiger partial charge in [-0.2, -0.15) is 0 Å². The summed E-state index contributed by atoms with van der Waals surface area (Å²) in [4.78, 5) is 12.6. The molecular weight excluding hydrogens is 432 g/mol. The molecule has 162 valence electrons. The average Bonchev–Trinajstić information content (AvgIpc) is 2.73. The van der Waals surface area contributed by atoms with E-state index in [1.165, 1.54) is 23.8 Å². The van der Waals surface area contributed by atoms with Crippen LogP contribution >= 0.6 is 11.6 Å². The number of hydrogen-bond donors (Lipinski definition) is 2. The largest absolute Gasteiger partial charge is 0.346 e. The molecule has 0 saturated carbocycles. The molecule has 0 heterocycles. The third-order valence-electron chi connectivity index (χ3n) is 4.99. The molecule has 0 aliphatic heterocycles. The van der Waals surface area contributed by atoms with Crippen molar-refractivity contribution in [2.75, 3.05) is 4.72 Å². The number of carbonyl (C=O) groups is 1. The Morgan fingerprint density at radius 2 is 1.74 bits per heavy atom. The molecule has 0 aliphatic rings. The van der Waals surface area contributed by atoms with E-state index in [4.69, 9.17) is 11.6 Å². The number of benzene rings is 3. The van der Waals surface area contributed by atoms with Crippen LogP contribution in [0.15, 0.2) is 71.6 Å². The highest BCUT2D eigenvalue weighted by Gasteiger charge is 2.21. The minimum absolute atomic E-state index is 0.0416. The van der Waals surface area contributed by atoms with E-state index < -0.39 is 10.0 Å². The van der Waals surface area contributed by atoms with Crippen molar-refractivity contribution in [2.45, 2.75) is 38.1 Å². The summed E-state index contributed by atoms with van der Waals surface area (Å²) < 4.78 is 28.3. The molecule has 5 nitrogen and oxygen atoms in total. The molecule has 0 fully saturated rings. The van der Waals surface area contributed by atoms with Gasteiger partial charge >= 0.3 is 0 Å². The molecule has 7 heteroatoms. The first-order valence-corrected chi connectivity index (χ1v) is 11.8. The summed E-state index contributed by atoms with van der Waals surface area (Å²) in [6.45, 7) is 5.83. The van der Waals surface area contributed by atoms with E-state index in [2.05, 4.69) is 17.0 Å². The van der Waals surface area contributed by atoms with Crippen LogP contribution in [0.25, 0.3) is 0 Å². The standard InChI is InChI=1S/C24H25ClN2O3S/c1-4-18-8-10-19(11-9-18)17(3)26-24(28)20-12-13-22(25)23(15-20)31(29,30)27-21-7-5-6-16(2)14-21/h5-15,17,27H,4H2,1-3H3,(H,26,28)/t17-/m1/s1. The number of aryl methyl sites for hydroxylation is 2. The van der Waals surface area contributed by atoms with Crippen LogP contribution in [0.3, 0.4) is 0 Å². The predicted molar refractivity (Wildman–Crippen MR) is 125 cm³/mol. The van der Waals surface area contributed by atoms with Gasteiger partial charge in [0.05, 0.1) is 11.1 Å². The Balaban J connectivity index is 1.81. The van der Waals surface area contributed by atoms with E-state index in [1.807, 2.05) is 44.2 Å². The number of anilines is 1. The van der Waals surface area contributed by atoms with Crippen molar-refractivity contribution in [1.29, 1.82) is 0 Å². The Morgan fingerprint density at radius 1 is 1.03 bits per heavy atom. The topological polar surface area (TPSA) is 75.3 Å². The lowest BCUT2D eigenvalue weighted by Gasteiger charge is -2.16. The van der Waals surface area contributed by atoms with E-state index in [0.29, 0.717) is 5.69 Å². The molecule has 0 unspecified atom stereocenters. The third kappa shape index (κ3) is 5.66. The molecule has 0 spiro atoms. The second-order valence-corrected chi connectivity index (χ2v) is 9.47. The van der Waals surface area contributed by atoms with Crippen LogP contribution in [0.2, 0.25) is 5.02 Å². The molecule has 3 rings (SSSR count). The van der Waals surface area contributed by atoms with Gasteiger partial charge in [-0.05, 0) is 67.3 Å². The normalized spacial score (nSPS) is 12.3. The number of nitrogens with one attached hydrogen (secondary N) is 2. The van der Waals surface area contributed by atoms with Gasteiger partial charge in [-0.25, -0.2) is 8.42 Å². The Kier molecular flexibility index (Phi) is 7.03. The molecular formula is C24H25ClN2O3S. The second-order valence-electron chi connectivity index (χ2n) is 7.41. The Morgan fingerprint density at radius 3 is 2.39 bits per heavy atom. The molecule has 0 aliphatic carbocycles. The smallest absolute Gasteiger partial charge is 0.263 e. The summed E-state index contributed by atoms with van der Waals surface area (Å²) >= 11 is 6.16. The summed E-state index contributed by atoms with van der Waals surface area (Å²) in [7, 11) is -3.97. The Labute approximate surface area is 188 Å². The van der Waals surface area contributed by atoms with Gasteiger partial charge in [0.25, 0.3) is 15.9 Å². The van der Waals surface area contributed by atoms with Crippen LogP contribution in [0, 0.1) is 6.92 Å². The Bertz CT molecular complexity index is 1190. The molecule has 1 amide bonds. The molecule has 0 bridgehead atoms. The number of amides is 1.